The monoisotopic (exact) mass is 357 g/mol. The van der Waals surface area contributed by atoms with E-state index in [-0.39, 0.29) is 5.82 Å². The third kappa shape index (κ3) is 6.22. The first-order valence-electron chi connectivity index (χ1n) is 9.81. The largest absolute Gasteiger partial charge is 0.387 e. The highest BCUT2D eigenvalue weighted by atomic mass is 19.1. The van der Waals surface area contributed by atoms with Gasteiger partial charge >= 0.3 is 0 Å². The van der Waals surface area contributed by atoms with Gasteiger partial charge in [0.2, 0.25) is 0 Å². The molecule has 1 atom stereocenters. The molecule has 0 radical (unpaired) electrons. The van der Waals surface area contributed by atoms with Gasteiger partial charge in [-0.3, -0.25) is 0 Å². The van der Waals surface area contributed by atoms with Gasteiger partial charge < -0.3 is 10.0 Å². The summed E-state index contributed by atoms with van der Waals surface area (Å²) in [5.41, 5.74) is 3.43. The zero-order valence-corrected chi connectivity index (χ0v) is 16.3. The van der Waals surface area contributed by atoms with Crippen LogP contribution in [0.2, 0.25) is 0 Å². The number of aryl methyl sites for hydroxylation is 1. The fraction of sp³-hybridized carbons (Fsp3) is 0.478. The Morgan fingerprint density at radius 3 is 2.15 bits per heavy atom. The molecule has 0 aliphatic carbocycles. The van der Waals surface area contributed by atoms with Gasteiger partial charge in [0.25, 0.3) is 0 Å². The molecule has 2 aromatic rings. The van der Waals surface area contributed by atoms with Gasteiger partial charge in [-0.1, -0.05) is 55.8 Å². The first-order valence-corrected chi connectivity index (χ1v) is 9.81. The molecular weight excluding hydrogens is 325 g/mol. The van der Waals surface area contributed by atoms with Crippen molar-refractivity contribution in [3.63, 3.8) is 0 Å². The molecule has 0 saturated carbocycles. The Labute approximate surface area is 157 Å². The van der Waals surface area contributed by atoms with Gasteiger partial charge in [-0.05, 0) is 68.5 Å². The van der Waals surface area contributed by atoms with Crippen molar-refractivity contribution < 1.29 is 9.50 Å². The summed E-state index contributed by atoms with van der Waals surface area (Å²) in [4.78, 5) is 2.35. The highest BCUT2D eigenvalue weighted by molar-refractivity contribution is 5.23. The van der Waals surface area contributed by atoms with E-state index in [9.17, 15) is 9.50 Å². The van der Waals surface area contributed by atoms with E-state index in [1.807, 2.05) is 50.2 Å². The summed E-state index contributed by atoms with van der Waals surface area (Å²) in [6.45, 7) is 8.80. The first-order chi connectivity index (χ1) is 12.6. The lowest BCUT2D eigenvalue weighted by Crippen LogP contribution is -2.37. The van der Waals surface area contributed by atoms with Crippen LogP contribution >= 0.6 is 0 Å². The molecule has 3 rings (SSSR count). The summed E-state index contributed by atoms with van der Waals surface area (Å²) in [5, 5.41) is 10.4. The molecule has 1 fully saturated rings. The molecule has 1 N–H and O–H groups in total. The second-order valence-electron chi connectivity index (χ2n) is 7.00. The molecule has 26 heavy (non-hydrogen) atoms. The van der Waals surface area contributed by atoms with Gasteiger partial charge in [0.15, 0.2) is 0 Å². The number of likely N-dealkylation sites (tertiary alicyclic amines) is 1. The van der Waals surface area contributed by atoms with E-state index in [2.05, 4.69) is 11.8 Å². The molecule has 142 valence electrons. The zero-order valence-electron chi connectivity index (χ0n) is 16.3. The summed E-state index contributed by atoms with van der Waals surface area (Å²) in [6, 6.07) is 15.0. The van der Waals surface area contributed by atoms with E-state index in [1.165, 1.54) is 11.1 Å². The van der Waals surface area contributed by atoms with E-state index in [4.69, 9.17) is 0 Å². The molecule has 0 aromatic heterocycles. The topological polar surface area (TPSA) is 23.5 Å². The fourth-order valence-corrected chi connectivity index (χ4v) is 3.47. The number of hydrogen-bond acceptors (Lipinski definition) is 2. The second-order valence-corrected chi connectivity index (χ2v) is 7.00. The fourth-order valence-electron chi connectivity index (χ4n) is 3.47. The first kappa shape index (κ1) is 20.6. The molecule has 1 unspecified atom stereocenters. The normalized spacial score (nSPS) is 16.7. The van der Waals surface area contributed by atoms with Crippen molar-refractivity contribution >= 4 is 0 Å². The molecule has 0 bridgehead atoms. The summed E-state index contributed by atoms with van der Waals surface area (Å²) in [7, 11) is 0. The highest BCUT2D eigenvalue weighted by Gasteiger charge is 2.21. The number of β-amino-alcohol motifs (C(OH)–C–C–N with tert-alkyl or cyclic N) is 1. The van der Waals surface area contributed by atoms with Crippen LogP contribution in [0.4, 0.5) is 4.39 Å². The van der Waals surface area contributed by atoms with Crippen molar-refractivity contribution in [1.29, 1.82) is 0 Å². The number of hydrogen-bond donors (Lipinski definition) is 1. The summed E-state index contributed by atoms with van der Waals surface area (Å²) < 4.78 is 13.0. The average Bonchev–Trinajstić information content (AvgIpc) is 2.67. The van der Waals surface area contributed by atoms with Gasteiger partial charge in [-0.2, -0.15) is 0 Å². The standard InChI is InChI=1S/C21H26FNO.C2H6/c1-16-2-6-19(7-3-16)21(24)15-23-12-10-18(11-13-23)14-17-4-8-20(22)9-5-17;1-2/h2-9,18,21,24H,10-15H2,1H3;1-2H3. The highest BCUT2D eigenvalue weighted by Crippen LogP contribution is 2.24. The Bertz CT molecular complexity index is 630. The molecule has 3 heteroatoms. The van der Waals surface area contributed by atoms with Crippen LogP contribution in [0.25, 0.3) is 0 Å². The van der Waals surface area contributed by atoms with Crippen molar-refractivity contribution in [2.45, 2.75) is 46.1 Å². The van der Waals surface area contributed by atoms with Crippen LogP contribution in [0.15, 0.2) is 48.5 Å². The maximum absolute atomic E-state index is 13.0. The lowest BCUT2D eigenvalue weighted by molar-refractivity contribution is 0.0893. The lowest BCUT2D eigenvalue weighted by atomic mass is 9.90. The van der Waals surface area contributed by atoms with Crippen LogP contribution in [-0.2, 0) is 6.42 Å². The molecule has 1 aliphatic heterocycles. The molecular formula is C23H32FNO. The number of nitrogens with zero attached hydrogens (tertiary/aromatic N) is 1. The van der Waals surface area contributed by atoms with Gasteiger partial charge in [0.1, 0.15) is 5.82 Å². The van der Waals surface area contributed by atoms with Gasteiger partial charge in [0.05, 0.1) is 6.10 Å². The lowest BCUT2D eigenvalue weighted by Gasteiger charge is -2.33. The Hall–Kier alpha value is -1.71. The third-order valence-electron chi connectivity index (χ3n) is 5.04. The van der Waals surface area contributed by atoms with E-state index < -0.39 is 6.10 Å². The Morgan fingerprint density at radius 1 is 1.00 bits per heavy atom. The summed E-state index contributed by atoms with van der Waals surface area (Å²) in [5.74, 6) is 0.488. The number of aliphatic hydroxyl groups is 1. The van der Waals surface area contributed by atoms with Gasteiger partial charge in [-0.15, -0.1) is 0 Å². The maximum Gasteiger partial charge on any atom is 0.123 e. The van der Waals surface area contributed by atoms with Crippen molar-refractivity contribution in [3.05, 3.63) is 71.0 Å². The van der Waals surface area contributed by atoms with Crippen LogP contribution in [0.3, 0.4) is 0 Å². The molecule has 0 spiro atoms. The van der Waals surface area contributed by atoms with Crippen LogP contribution in [0, 0.1) is 18.7 Å². The predicted octanol–water partition coefficient (Wildman–Crippen LogP) is 5.15. The minimum absolute atomic E-state index is 0.168. The third-order valence-corrected chi connectivity index (χ3v) is 5.04. The van der Waals surface area contributed by atoms with E-state index in [1.54, 1.807) is 12.1 Å². The van der Waals surface area contributed by atoms with E-state index in [0.29, 0.717) is 12.5 Å². The Morgan fingerprint density at radius 2 is 1.58 bits per heavy atom. The minimum atomic E-state index is -0.417. The number of rotatable bonds is 5. The van der Waals surface area contributed by atoms with Gasteiger partial charge in [-0.25, -0.2) is 4.39 Å². The molecule has 2 aromatic carbocycles. The number of halogens is 1. The second kappa shape index (κ2) is 10.4. The predicted molar refractivity (Wildman–Crippen MR) is 107 cm³/mol. The van der Waals surface area contributed by atoms with Crippen LogP contribution in [0.5, 0.6) is 0 Å². The number of piperidine rings is 1. The SMILES string of the molecule is CC.Cc1ccc(C(O)CN2CCC(Cc3ccc(F)cc3)CC2)cc1. The number of benzene rings is 2. The smallest absolute Gasteiger partial charge is 0.123 e. The molecule has 0 amide bonds. The molecule has 2 nitrogen and oxygen atoms in total. The van der Waals surface area contributed by atoms with Crippen molar-refractivity contribution in [3.8, 4) is 0 Å². The zero-order chi connectivity index (χ0) is 18.9. The summed E-state index contributed by atoms with van der Waals surface area (Å²) in [6.07, 6.45) is 2.88. The van der Waals surface area contributed by atoms with Crippen LogP contribution in [-0.4, -0.2) is 29.6 Å². The van der Waals surface area contributed by atoms with E-state index in [0.717, 1.165) is 37.9 Å². The van der Waals surface area contributed by atoms with Gasteiger partial charge in [0, 0.05) is 6.54 Å². The number of aliphatic hydroxyl groups excluding tert-OH is 1. The quantitative estimate of drug-likeness (QED) is 0.800. The maximum atomic E-state index is 13.0. The summed E-state index contributed by atoms with van der Waals surface area (Å²) >= 11 is 0. The van der Waals surface area contributed by atoms with Crippen LogP contribution < -0.4 is 0 Å². The molecule has 1 saturated heterocycles. The Balaban J connectivity index is 0.00000117. The van der Waals surface area contributed by atoms with Crippen molar-refractivity contribution in [1.82, 2.24) is 4.90 Å². The van der Waals surface area contributed by atoms with Crippen LogP contribution in [0.1, 0.15) is 49.5 Å². The van der Waals surface area contributed by atoms with Crippen molar-refractivity contribution in [2.24, 2.45) is 5.92 Å². The van der Waals surface area contributed by atoms with Crippen molar-refractivity contribution in [2.75, 3.05) is 19.6 Å². The Kier molecular flexibility index (Phi) is 8.27. The average molecular weight is 358 g/mol. The molecule has 1 heterocycles. The van der Waals surface area contributed by atoms with E-state index >= 15 is 0 Å². The minimum Gasteiger partial charge on any atom is -0.387 e. The molecule has 1 aliphatic rings.